The molecule has 1 aromatic rings. The van der Waals surface area contributed by atoms with Crippen LogP contribution in [0.5, 0.6) is 5.88 Å². The third-order valence-corrected chi connectivity index (χ3v) is 4.73. The molecule has 1 saturated heterocycles. The maximum Gasteiger partial charge on any atom is 0.213 e. The number of hydrogen-bond acceptors (Lipinski definition) is 5. The van der Waals surface area contributed by atoms with Gasteiger partial charge in [0.15, 0.2) is 5.96 Å². The minimum absolute atomic E-state index is 0.298. The highest BCUT2D eigenvalue weighted by atomic mass is 16.5. The van der Waals surface area contributed by atoms with Crippen LogP contribution in [-0.2, 0) is 16.0 Å². The fourth-order valence-corrected chi connectivity index (χ4v) is 2.87. The SMILES string of the molecule is CN=C(NCCCOCC1CCCO1)NCc1ccc(OCC2CC2)nc1. The van der Waals surface area contributed by atoms with E-state index in [1.54, 1.807) is 7.05 Å². The first-order valence-corrected chi connectivity index (χ1v) is 10.0. The highest BCUT2D eigenvalue weighted by Gasteiger charge is 2.22. The molecule has 7 nitrogen and oxygen atoms in total. The van der Waals surface area contributed by atoms with Crippen LogP contribution in [0.4, 0.5) is 0 Å². The first-order chi connectivity index (χ1) is 13.3. The number of nitrogens with zero attached hydrogens (tertiary/aromatic N) is 2. The van der Waals surface area contributed by atoms with E-state index in [4.69, 9.17) is 14.2 Å². The molecule has 2 heterocycles. The lowest BCUT2D eigenvalue weighted by molar-refractivity contribution is 0.0168. The molecule has 27 heavy (non-hydrogen) atoms. The van der Waals surface area contributed by atoms with Crippen LogP contribution < -0.4 is 15.4 Å². The van der Waals surface area contributed by atoms with Gasteiger partial charge in [-0.25, -0.2) is 4.98 Å². The van der Waals surface area contributed by atoms with E-state index in [0.29, 0.717) is 25.1 Å². The summed E-state index contributed by atoms with van der Waals surface area (Å²) in [6.07, 6.45) is 7.93. The normalized spacial score (nSPS) is 19.9. The Bertz CT molecular complexity index is 569. The zero-order valence-corrected chi connectivity index (χ0v) is 16.3. The molecule has 1 atom stereocenters. The molecule has 7 heteroatoms. The molecule has 0 radical (unpaired) electrons. The fourth-order valence-electron chi connectivity index (χ4n) is 2.87. The van der Waals surface area contributed by atoms with E-state index in [2.05, 4.69) is 20.6 Å². The standard InChI is InChI=1S/C20H32N4O3/c1-21-20(22-9-3-10-25-15-18-4-2-11-26-18)24-13-17-7-8-19(23-12-17)27-14-16-5-6-16/h7-8,12,16,18H,2-6,9-11,13-15H2,1H3,(H2,21,22,24). The molecule has 2 N–H and O–H groups in total. The minimum atomic E-state index is 0.298. The summed E-state index contributed by atoms with van der Waals surface area (Å²) in [7, 11) is 1.77. The Balaban J connectivity index is 1.24. The summed E-state index contributed by atoms with van der Waals surface area (Å²) >= 11 is 0. The second-order valence-electron chi connectivity index (χ2n) is 7.18. The van der Waals surface area contributed by atoms with Crippen molar-refractivity contribution in [2.24, 2.45) is 10.9 Å². The Labute approximate surface area is 161 Å². The zero-order chi connectivity index (χ0) is 18.7. The van der Waals surface area contributed by atoms with Crippen molar-refractivity contribution < 1.29 is 14.2 Å². The predicted molar refractivity (Wildman–Crippen MR) is 105 cm³/mol. The van der Waals surface area contributed by atoms with Gasteiger partial charge in [-0.2, -0.15) is 0 Å². The molecule has 3 rings (SSSR count). The number of guanidine groups is 1. The first kappa shape index (κ1) is 19.9. The summed E-state index contributed by atoms with van der Waals surface area (Å²) in [4.78, 5) is 8.61. The second kappa shape index (κ2) is 11.1. The Morgan fingerprint density at radius 1 is 1.26 bits per heavy atom. The van der Waals surface area contributed by atoms with Crippen LogP contribution in [0.15, 0.2) is 23.3 Å². The minimum Gasteiger partial charge on any atom is -0.477 e. The zero-order valence-electron chi connectivity index (χ0n) is 16.3. The van der Waals surface area contributed by atoms with E-state index in [-0.39, 0.29) is 0 Å². The molecule has 2 aliphatic rings. The molecule has 2 fully saturated rings. The molecule has 1 aromatic heterocycles. The molecule has 0 aromatic carbocycles. The lowest BCUT2D eigenvalue weighted by Crippen LogP contribution is -2.37. The van der Waals surface area contributed by atoms with Gasteiger partial charge in [-0.3, -0.25) is 4.99 Å². The summed E-state index contributed by atoms with van der Waals surface area (Å²) in [5.41, 5.74) is 1.09. The molecule has 1 aliphatic heterocycles. The Morgan fingerprint density at radius 3 is 2.89 bits per heavy atom. The number of nitrogens with one attached hydrogen (secondary N) is 2. The number of hydrogen-bond donors (Lipinski definition) is 2. The number of aliphatic imine (C=N–C) groups is 1. The van der Waals surface area contributed by atoms with Gasteiger partial charge in [-0.05, 0) is 43.6 Å². The Morgan fingerprint density at radius 2 is 2.19 bits per heavy atom. The lowest BCUT2D eigenvalue weighted by Gasteiger charge is -2.13. The molecule has 0 spiro atoms. The van der Waals surface area contributed by atoms with Gasteiger partial charge in [0, 0.05) is 45.6 Å². The van der Waals surface area contributed by atoms with Gasteiger partial charge in [0.25, 0.3) is 0 Å². The van der Waals surface area contributed by atoms with Gasteiger partial charge in [0.2, 0.25) is 5.88 Å². The Kier molecular flexibility index (Phi) is 8.17. The monoisotopic (exact) mass is 376 g/mol. The molecule has 0 bridgehead atoms. The van der Waals surface area contributed by atoms with Crippen molar-refractivity contribution in [2.45, 2.75) is 44.8 Å². The molecule has 0 amide bonds. The van der Waals surface area contributed by atoms with Gasteiger partial charge in [0.05, 0.1) is 19.3 Å². The van der Waals surface area contributed by atoms with Gasteiger partial charge < -0.3 is 24.8 Å². The van der Waals surface area contributed by atoms with E-state index in [1.807, 2.05) is 18.3 Å². The van der Waals surface area contributed by atoms with Crippen molar-refractivity contribution in [1.82, 2.24) is 15.6 Å². The average Bonchev–Trinajstić information content (AvgIpc) is 3.39. The van der Waals surface area contributed by atoms with Gasteiger partial charge in [-0.1, -0.05) is 6.07 Å². The van der Waals surface area contributed by atoms with Crippen LogP contribution in [-0.4, -0.2) is 57.1 Å². The van der Waals surface area contributed by atoms with Crippen molar-refractivity contribution in [1.29, 1.82) is 0 Å². The lowest BCUT2D eigenvalue weighted by atomic mass is 10.2. The van der Waals surface area contributed by atoms with Gasteiger partial charge >= 0.3 is 0 Å². The molecule has 1 saturated carbocycles. The van der Waals surface area contributed by atoms with Crippen LogP contribution in [0, 0.1) is 5.92 Å². The molecule has 1 unspecified atom stereocenters. The highest BCUT2D eigenvalue weighted by molar-refractivity contribution is 5.79. The number of pyridine rings is 1. The number of ether oxygens (including phenoxy) is 3. The van der Waals surface area contributed by atoms with Gasteiger partial charge in [0.1, 0.15) is 0 Å². The summed E-state index contributed by atoms with van der Waals surface area (Å²) in [6, 6.07) is 3.97. The van der Waals surface area contributed by atoms with Crippen molar-refractivity contribution in [3.8, 4) is 5.88 Å². The highest BCUT2D eigenvalue weighted by Crippen LogP contribution is 2.29. The van der Waals surface area contributed by atoms with Crippen molar-refractivity contribution in [2.75, 3.05) is 40.0 Å². The molecular formula is C20H32N4O3. The van der Waals surface area contributed by atoms with Crippen LogP contribution in [0.1, 0.15) is 37.7 Å². The third kappa shape index (κ3) is 7.72. The summed E-state index contributed by atoms with van der Waals surface area (Å²) < 4.78 is 16.9. The van der Waals surface area contributed by atoms with Crippen molar-refractivity contribution in [3.63, 3.8) is 0 Å². The third-order valence-electron chi connectivity index (χ3n) is 4.73. The maximum atomic E-state index is 5.67. The molecular weight excluding hydrogens is 344 g/mol. The summed E-state index contributed by atoms with van der Waals surface area (Å²) in [6.45, 7) is 4.60. The number of rotatable bonds is 11. The Hall–Kier alpha value is -1.86. The largest absolute Gasteiger partial charge is 0.477 e. The van der Waals surface area contributed by atoms with Crippen LogP contribution in [0.25, 0.3) is 0 Å². The maximum absolute atomic E-state index is 5.67. The first-order valence-electron chi connectivity index (χ1n) is 10.0. The predicted octanol–water partition coefficient (Wildman–Crippen LogP) is 2.12. The number of aromatic nitrogens is 1. The van der Waals surface area contributed by atoms with Gasteiger partial charge in [-0.15, -0.1) is 0 Å². The summed E-state index contributed by atoms with van der Waals surface area (Å²) in [5, 5.41) is 6.60. The second-order valence-corrected chi connectivity index (χ2v) is 7.18. The quantitative estimate of drug-likeness (QED) is 0.350. The van der Waals surface area contributed by atoms with E-state index in [0.717, 1.165) is 63.1 Å². The molecule has 1 aliphatic carbocycles. The fraction of sp³-hybridized carbons (Fsp3) is 0.700. The van der Waals surface area contributed by atoms with Crippen LogP contribution in [0.3, 0.4) is 0 Å². The average molecular weight is 377 g/mol. The van der Waals surface area contributed by atoms with E-state index in [9.17, 15) is 0 Å². The van der Waals surface area contributed by atoms with Crippen molar-refractivity contribution >= 4 is 5.96 Å². The van der Waals surface area contributed by atoms with E-state index >= 15 is 0 Å². The topological polar surface area (TPSA) is 77.0 Å². The van der Waals surface area contributed by atoms with Crippen LogP contribution >= 0.6 is 0 Å². The van der Waals surface area contributed by atoms with E-state index in [1.165, 1.54) is 12.8 Å². The summed E-state index contributed by atoms with van der Waals surface area (Å²) in [5.74, 6) is 2.23. The van der Waals surface area contributed by atoms with Crippen LogP contribution in [0.2, 0.25) is 0 Å². The van der Waals surface area contributed by atoms with Crippen molar-refractivity contribution in [3.05, 3.63) is 23.9 Å². The van der Waals surface area contributed by atoms with E-state index < -0.39 is 0 Å². The smallest absolute Gasteiger partial charge is 0.213 e. The molecule has 150 valence electrons.